The molecule has 1 N–H and O–H groups in total. The summed E-state index contributed by atoms with van der Waals surface area (Å²) in [6, 6.07) is -0.286. The van der Waals surface area contributed by atoms with Gasteiger partial charge in [0.05, 0.1) is 22.5 Å². The summed E-state index contributed by atoms with van der Waals surface area (Å²) in [5.74, 6) is -73.5. The van der Waals surface area contributed by atoms with E-state index in [2.05, 4.69) is 14.7 Å². The van der Waals surface area contributed by atoms with Gasteiger partial charge in [-0.2, -0.15) is 93.4 Å². The van der Waals surface area contributed by atoms with E-state index < -0.39 is 100 Å². The van der Waals surface area contributed by atoms with Gasteiger partial charge in [-0.15, -0.1) is 0 Å². The summed E-state index contributed by atoms with van der Waals surface area (Å²) in [6.45, 7) is -0.503. The molecule has 1 aromatic carbocycles. The molecule has 0 saturated carbocycles. The molecule has 0 aliphatic carbocycles. The zero-order chi connectivity index (χ0) is 39.2. The normalized spacial score (nSPS) is 14.1. The topological polar surface area (TPSA) is 114 Å². The number of benzene rings is 1. The third-order valence-electron chi connectivity index (χ3n) is 6.03. The van der Waals surface area contributed by atoms with Crippen LogP contribution in [0.5, 0.6) is 0 Å². The number of carbonyl (C=O) groups excluding carboxylic acids is 4. The molecule has 1 amide bonds. The molecule has 0 unspecified atom stereocenters. The molecule has 0 fully saturated rings. The van der Waals surface area contributed by atoms with Crippen molar-refractivity contribution >= 4 is 35.4 Å². The van der Waals surface area contributed by atoms with Crippen LogP contribution in [0.2, 0.25) is 0 Å². The fourth-order valence-electron chi connectivity index (χ4n) is 3.42. The van der Waals surface area contributed by atoms with Crippen molar-refractivity contribution in [3.8, 4) is 0 Å². The molecule has 0 aromatic heterocycles. The molecular weight excluding hydrogens is 747 g/mol. The Morgan fingerprint density at radius 1 is 0.673 bits per heavy atom. The Balaban J connectivity index is 4.26. The number of isocyanates is 2. The van der Waals surface area contributed by atoms with E-state index in [-0.39, 0.29) is 6.07 Å². The monoisotopic (exact) mass is 757 g/mol. The minimum atomic E-state index is -9.21. The lowest BCUT2D eigenvalue weighted by Gasteiger charge is -2.44. The number of ether oxygens (including phenoxy) is 1. The number of halogens is 19. The Morgan fingerprint density at radius 3 is 1.43 bits per heavy atom. The van der Waals surface area contributed by atoms with Crippen molar-refractivity contribution in [1.29, 1.82) is 0 Å². The van der Waals surface area contributed by atoms with E-state index in [4.69, 9.17) is 0 Å². The molecule has 1 aromatic rings. The second-order valence-corrected chi connectivity index (χ2v) is 9.08. The zero-order valence-corrected chi connectivity index (χ0v) is 22.9. The van der Waals surface area contributed by atoms with Crippen LogP contribution in [0.25, 0.3) is 0 Å². The first-order chi connectivity index (χ1) is 21.6. The van der Waals surface area contributed by atoms with E-state index in [0.717, 1.165) is 0 Å². The fraction of sp³-hybridized carbons (Fsp3) is 0.545. The second-order valence-electron chi connectivity index (χ2n) is 9.08. The van der Waals surface area contributed by atoms with Crippen molar-refractivity contribution in [3.05, 3.63) is 22.8 Å². The summed E-state index contributed by atoms with van der Waals surface area (Å²) < 4.78 is 268. The van der Waals surface area contributed by atoms with E-state index in [1.807, 2.05) is 0 Å². The Kier molecular flexibility index (Phi) is 11.1. The van der Waals surface area contributed by atoms with Crippen molar-refractivity contribution < 1.29 is 107 Å². The smallest absolute Gasteiger partial charge is 0.445 e. The third-order valence-corrected chi connectivity index (χ3v) is 6.03. The van der Waals surface area contributed by atoms with Gasteiger partial charge in [-0.05, 0) is 13.0 Å². The average molecular weight is 757 g/mol. The fourth-order valence-corrected chi connectivity index (χ4v) is 3.42. The number of nitrogens with zero attached hydrogens (tertiary/aromatic N) is 2. The van der Waals surface area contributed by atoms with Gasteiger partial charge in [0.15, 0.2) is 6.73 Å². The molecule has 0 atom stereocenters. The highest BCUT2D eigenvalue weighted by Gasteiger charge is 2.96. The summed E-state index contributed by atoms with van der Waals surface area (Å²) in [5.41, 5.74) is -10.4. The van der Waals surface area contributed by atoms with Gasteiger partial charge in [0.1, 0.15) is 0 Å². The molecule has 0 heterocycles. The number of esters is 1. The summed E-state index contributed by atoms with van der Waals surface area (Å²) in [7, 11) is 0. The van der Waals surface area contributed by atoms with Crippen molar-refractivity contribution in [3.63, 3.8) is 0 Å². The van der Waals surface area contributed by atoms with Gasteiger partial charge in [-0.25, -0.2) is 9.59 Å². The Hall–Kier alpha value is -4.41. The lowest BCUT2D eigenvalue weighted by atomic mass is 9.84. The maximum Gasteiger partial charge on any atom is 0.460 e. The van der Waals surface area contributed by atoms with Crippen LogP contribution in [0, 0.1) is 6.92 Å². The van der Waals surface area contributed by atoms with Crippen molar-refractivity contribution in [2.75, 3.05) is 6.73 Å². The molecule has 0 spiro atoms. The number of hydrogen-bond acceptors (Lipinski definition) is 7. The first-order valence-corrected chi connectivity index (χ1v) is 11.5. The standard InChI is InChI=1S/C22H10F19N3O5/c1-7-10(42-4-45)3-9(13(48)44-6-49-8(2)47)11(12(7)43-5-46)14(23,24)15(25,26)16(27,28)17(29,30)18(31,32)19(33,34)20(35,36)21(37,38)22(39,40)41/h3H,6H2,1-2H3,(H,44,48). The largest absolute Gasteiger partial charge is 0.460 e. The van der Waals surface area contributed by atoms with E-state index in [9.17, 15) is 93.8 Å². The van der Waals surface area contributed by atoms with Gasteiger partial charge < -0.3 is 10.1 Å². The lowest BCUT2D eigenvalue weighted by Crippen LogP contribution is -2.75. The Bertz CT molecular complexity index is 1580. The molecule has 0 saturated heterocycles. The number of amides is 1. The number of alkyl halides is 19. The molecule has 276 valence electrons. The predicted octanol–water partition coefficient (Wildman–Crippen LogP) is 7.28. The molecule has 8 nitrogen and oxygen atoms in total. The minimum absolute atomic E-state index is 0.286. The van der Waals surface area contributed by atoms with E-state index in [1.54, 1.807) is 0 Å². The van der Waals surface area contributed by atoms with Crippen molar-refractivity contribution in [2.45, 2.75) is 67.4 Å². The predicted molar refractivity (Wildman–Crippen MR) is 115 cm³/mol. The number of nitrogens with one attached hydrogen (secondary N) is 1. The van der Waals surface area contributed by atoms with Crippen LogP contribution in [0.1, 0.15) is 28.4 Å². The van der Waals surface area contributed by atoms with Crippen LogP contribution >= 0.6 is 0 Å². The van der Waals surface area contributed by atoms with E-state index >= 15 is 8.78 Å². The van der Waals surface area contributed by atoms with Crippen LogP contribution < -0.4 is 5.32 Å². The highest BCUT2D eigenvalue weighted by Crippen LogP contribution is 2.66. The van der Waals surface area contributed by atoms with Gasteiger partial charge in [-0.3, -0.25) is 9.59 Å². The van der Waals surface area contributed by atoms with Crippen LogP contribution in [-0.2, 0) is 25.0 Å². The molecule has 0 radical (unpaired) electrons. The number of hydrogen-bond donors (Lipinski definition) is 1. The van der Waals surface area contributed by atoms with Gasteiger partial charge in [0.25, 0.3) is 5.91 Å². The Labute approximate surface area is 256 Å². The lowest BCUT2D eigenvalue weighted by molar-refractivity contribution is -0.469. The van der Waals surface area contributed by atoms with Gasteiger partial charge in [0, 0.05) is 12.5 Å². The van der Waals surface area contributed by atoms with Gasteiger partial charge in [-0.1, -0.05) is 0 Å². The SMILES string of the molecule is CC(=O)OCNC(=O)c1cc(N=C=O)c(C)c(N=C=O)c1C(F)(F)C(F)(F)C(F)(F)C(F)(F)C(F)(F)C(F)(F)C(F)(F)C(F)(F)C(F)(F)F. The van der Waals surface area contributed by atoms with Crippen LogP contribution in [-0.4, -0.2) is 78.4 Å². The van der Waals surface area contributed by atoms with E-state index in [0.29, 0.717) is 26.0 Å². The third kappa shape index (κ3) is 6.28. The summed E-state index contributed by atoms with van der Waals surface area (Å²) in [4.78, 5) is 49.9. The molecule has 0 bridgehead atoms. The summed E-state index contributed by atoms with van der Waals surface area (Å²) in [6.07, 6.45) is -7.10. The maximum absolute atomic E-state index is 15.4. The average Bonchev–Trinajstić information content (AvgIpc) is 2.93. The first-order valence-electron chi connectivity index (χ1n) is 11.5. The zero-order valence-electron chi connectivity index (χ0n) is 22.9. The summed E-state index contributed by atoms with van der Waals surface area (Å²) in [5, 5.41) is 1.27. The van der Waals surface area contributed by atoms with E-state index in [1.165, 1.54) is 5.32 Å². The minimum Gasteiger partial charge on any atom is -0.445 e. The first kappa shape index (κ1) is 42.6. The molecule has 0 aliphatic rings. The second kappa shape index (κ2) is 12.8. The van der Waals surface area contributed by atoms with Crippen molar-refractivity contribution in [2.24, 2.45) is 9.98 Å². The van der Waals surface area contributed by atoms with Crippen molar-refractivity contribution in [1.82, 2.24) is 5.32 Å². The number of carbonyl (C=O) groups is 2. The molecule has 27 heteroatoms. The Morgan fingerprint density at radius 2 is 1.06 bits per heavy atom. The molecule has 49 heavy (non-hydrogen) atoms. The molecular formula is C22H10F19N3O5. The molecule has 0 aliphatic heterocycles. The van der Waals surface area contributed by atoms with Crippen LogP contribution in [0.4, 0.5) is 94.8 Å². The van der Waals surface area contributed by atoms with Gasteiger partial charge >= 0.3 is 59.5 Å². The van der Waals surface area contributed by atoms with Crippen LogP contribution in [0.3, 0.4) is 0 Å². The number of rotatable bonds is 13. The molecule has 1 rings (SSSR count). The maximum atomic E-state index is 15.4. The highest BCUT2D eigenvalue weighted by molar-refractivity contribution is 5.99. The van der Waals surface area contributed by atoms with Gasteiger partial charge in [0.2, 0.25) is 12.2 Å². The highest BCUT2D eigenvalue weighted by atomic mass is 19.4. The quantitative estimate of drug-likeness (QED) is 0.0748. The number of aliphatic imine (C=N–C) groups is 2. The summed E-state index contributed by atoms with van der Waals surface area (Å²) >= 11 is 0. The van der Waals surface area contributed by atoms with Crippen LogP contribution in [0.15, 0.2) is 16.1 Å².